The summed E-state index contributed by atoms with van der Waals surface area (Å²) in [6, 6.07) is 6.83. The number of hydrogen-bond acceptors (Lipinski definition) is 3. The molecule has 0 amide bonds. The van der Waals surface area contributed by atoms with Crippen LogP contribution in [0, 0.1) is 5.92 Å². The molecular weight excluding hydrogens is 260 g/mol. The summed E-state index contributed by atoms with van der Waals surface area (Å²) in [5, 5.41) is 0. The first kappa shape index (κ1) is 13.7. The normalized spacial score (nSPS) is 16.4. The van der Waals surface area contributed by atoms with Gasteiger partial charge in [-0.15, -0.1) is 11.8 Å². The van der Waals surface area contributed by atoms with Gasteiger partial charge in [-0.25, -0.2) is 0 Å². The number of anilines is 1. The van der Waals surface area contributed by atoms with E-state index in [1.807, 2.05) is 0 Å². The van der Waals surface area contributed by atoms with Gasteiger partial charge >= 0.3 is 0 Å². The van der Waals surface area contributed by atoms with Crippen LogP contribution in [0.25, 0.3) is 0 Å². The third-order valence-electron chi connectivity index (χ3n) is 3.77. The molecule has 1 unspecified atom stereocenters. The van der Waals surface area contributed by atoms with Gasteiger partial charge in [-0.1, -0.05) is 18.3 Å². The number of nitrogens with zero attached hydrogens (tertiary/aromatic N) is 1. The van der Waals surface area contributed by atoms with Crippen LogP contribution in [0.2, 0.25) is 0 Å². The maximum absolute atomic E-state index is 5.91. The van der Waals surface area contributed by atoms with Crippen molar-refractivity contribution in [3.05, 3.63) is 23.8 Å². The molecule has 0 aliphatic heterocycles. The molecule has 0 bridgehead atoms. The first-order valence-corrected chi connectivity index (χ1v) is 7.89. The van der Waals surface area contributed by atoms with Gasteiger partial charge in [0.05, 0.1) is 0 Å². The maximum atomic E-state index is 5.91. The van der Waals surface area contributed by atoms with Crippen molar-refractivity contribution in [2.45, 2.75) is 30.7 Å². The molecule has 1 aliphatic rings. The van der Waals surface area contributed by atoms with Gasteiger partial charge in [0.15, 0.2) is 0 Å². The van der Waals surface area contributed by atoms with Gasteiger partial charge in [0.2, 0.25) is 0 Å². The van der Waals surface area contributed by atoms with E-state index in [4.69, 9.17) is 18.0 Å². The Morgan fingerprint density at radius 1 is 1.50 bits per heavy atom. The fraction of sp³-hybridized carbons (Fsp3) is 0.500. The molecule has 1 aliphatic carbocycles. The minimum Gasteiger partial charge on any atom is -0.389 e. The number of nitrogens with two attached hydrogens (primary N) is 1. The van der Waals surface area contributed by atoms with Gasteiger partial charge in [-0.3, -0.25) is 0 Å². The molecule has 4 heteroatoms. The van der Waals surface area contributed by atoms with Gasteiger partial charge in [-0.05, 0) is 44.1 Å². The van der Waals surface area contributed by atoms with Crippen LogP contribution in [0.3, 0.4) is 0 Å². The lowest BCUT2D eigenvalue weighted by Crippen LogP contribution is -2.32. The zero-order valence-corrected chi connectivity index (χ0v) is 12.8. The number of thiocarbonyl (C=S) groups is 1. The molecule has 1 aromatic rings. The van der Waals surface area contributed by atoms with Crippen LogP contribution >= 0.6 is 24.0 Å². The quantitative estimate of drug-likeness (QED) is 0.662. The van der Waals surface area contributed by atoms with Crippen LogP contribution in [0.1, 0.15) is 25.3 Å². The van der Waals surface area contributed by atoms with E-state index < -0.39 is 0 Å². The largest absolute Gasteiger partial charge is 0.389 e. The zero-order valence-electron chi connectivity index (χ0n) is 11.1. The molecular formula is C14H20N2S2. The van der Waals surface area contributed by atoms with Crippen molar-refractivity contribution in [3.63, 3.8) is 0 Å². The van der Waals surface area contributed by atoms with E-state index in [-0.39, 0.29) is 0 Å². The topological polar surface area (TPSA) is 29.3 Å². The average Bonchev–Trinajstić information content (AvgIpc) is 3.20. The molecule has 0 spiro atoms. The fourth-order valence-corrected chi connectivity index (χ4v) is 3.26. The summed E-state index contributed by atoms with van der Waals surface area (Å²) in [5.41, 5.74) is 8.10. The number of rotatable bonds is 5. The second-order valence-corrected chi connectivity index (χ2v) is 6.20. The Morgan fingerprint density at radius 3 is 2.67 bits per heavy atom. The molecule has 1 aromatic carbocycles. The highest BCUT2D eigenvalue weighted by molar-refractivity contribution is 7.98. The van der Waals surface area contributed by atoms with Crippen LogP contribution in [-0.2, 0) is 0 Å². The van der Waals surface area contributed by atoms with E-state index in [2.05, 4.69) is 43.3 Å². The van der Waals surface area contributed by atoms with Crippen molar-refractivity contribution in [1.82, 2.24) is 0 Å². The second-order valence-electron chi connectivity index (χ2n) is 4.91. The van der Waals surface area contributed by atoms with Gasteiger partial charge in [0, 0.05) is 29.2 Å². The zero-order chi connectivity index (χ0) is 13.3. The smallest absolute Gasteiger partial charge is 0.107 e. The number of benzene rings is 1. The van der Waals surface area contributed by atoms with Crippen LogP contribution in [-0.4, -0.2) is 24.3 Å². The van der Waals surface area contributed by atoms with Gasteiger partial charge < -0.3 is 10.6 Å². The standard InChI is InChI=1S/C14H20N2S2/c1-9(10-7-8-10)16(2)11-5-4-6-12(18-3)13(11)14(15)17/h4-6,9-10H,7-8H2,1-3H3,(H2,15,17). The minimum absolute atomic E-state index is 0.491. The molecule has 2 nitrogen and oxygen atoms in total. The molecule has 2 N–H and O–H groups in total. The van der Waals surface area contributed by atoms with E-state index in [0.29, 0.717) is 11.0 Å². The Labute approximate surface area is 119 Å². The maximum Gasteiger partial charge on any atom is 0.107 e. The summed E-state index contributed by atoms with van der Waals surface area (Å²) < 4.78 is 0. The average molecular weight is 280 g/mol. The van der Waals surface area contributed by atoms with E-state index in [9.17, 15) is 0 Å². The third kappa shape index (κ3) is 2.64. The molecule has 2 rings (SSSR count). The first-order chi connectivity index (χ1) is 8.56. The van der Waals surface area contributed by atoms with Crippen molar-refractivity contribution in [2.75, 3.05) is 18.2 Å². The van der Waals surface area contributed by atoms with Crippen LogP contribution in [0.4, 0.5) is 5.69 Å². The lowest BCUT2D eigenvalue weighted by atomic mass is 10.1. The molecule has 1 saturated carbocycles. The Kier molecular flexibility index (Phi) is 4.17. The predicted molar refractivity (Wildman–Crippen MR) is 84.7 cm³/mol. The van der Waals surface area contributed by atoms with Crippen molar-refractivity contribution in [3.8, 4) is 0 Å². The highest BCUT2D eigenvalue weighted by atomic mass is 32.2. The summed E-state index contributed by atoms with van der Waals surface area (Å²) >= 11 is 6.93. The lowest BCUT2D eigenvalue weighted by Gasteiger charge is -2.29. The molecule has 1 atom stereocenters. The van der Waals surface area contributed by atoms with E-state index in [0.717, 1.165) is 22.1 Å². The molecule has 0 saturated heterocycles. The SMILES string of the molecule is CSc1cccc(N(C)C(C)C2CC2)c1C(N)=S. The van der Waals surface area contributed by atoms with Crippen molar-refractivity contribution >= 4 is 34.7 Å². The number of thioether (sulfide) groups is 1. The highest BCUT2D eigenvalue weighted by Crippen LogP contribution is 2.38. The summed E-state index contributed by atoms with van der Waals surface area (Å²) in [4.78, 5) is 3.98. The highest BCUT2D eigenvalue weighted by Gasteiger charge is 2.31. The van der Waals surface area contributed by atoms with Crippen LogP contribution in [0.15, 0.2) is 23.1 Å². The van der Waals surface area contributed by atoms with Crippen LogP contribution in [0.5, 0.6) is 0 Å². The second kappa shape index (κ2) is 5.49. The van der Waals surface area contributed by atoms with Crippen molar-refractivity contribution < 1.29 is 0 Å². The fourth-order valence-electron chi connectivity index (χ4n) is 2.35. The number of hydrogen-bond donors (Lipinski definition) is 1. The lowest BCUT2D eigenvalue weighted by molar-refractivity contribution is 0.608. The Bertz CT molecular complexity index is 455. The minimum atomic E-state index is 0.491. The van der Waals surface area contributed by atoms with Gasteiger partial charge in [-0.2, -0.15) is 0 Å². The monoisotopic (exact) mass is 280 g/mol. The van der Waals surface area contributed by atoms with Gasteiger partial charge in [0.1, 0.15) is 4.99 Å². The molecule has 98 valence electrons. The summed E-state index contributed by atoms with van der Waals surface area (Å²) in [7, 11) is 2.14. The molecule has 18 heavy (non-hydrogen) atoms. The van der Waals surface area contributed by atoms with E-state index >= 15 is 0 Å². The third-order valence-corrected chi connectivity index (χ3v) is 4.75. The van der Waals surface area contributed by atoms with Crippen molar-refractivity contribution in [2.24, 2.45) is 11.7 Å². The Morgan fingerprint density at radius 2 is 2.17 bits per heavy atom. The molecule has 0 aromatic heterocycles. The molecule has 1 fully saturated rings. The van der Waals surface area contributed by atoms with E-state index in [1.54, 1.807) is 11.8 Å². The summed E-state index contributed by atoms with van der Waals surface area (Å²) in [6.07, 6.45) is 4.75. The Balaban J connectivity index is 2.39. The molecule has 0 heterocycles. The van der Waals surface area contributed by atoms with Crippen LogP contribution < -0.4 is 10.6 Å². The summed E-state index contributed by atoms with van der Waals surface area (Å²) in [6.45, 7) is 2.28. The van der Waals surface area contributed by atoms with Crippen molar-refractivity contribution in [1.29, 1.82) is 0 Å². The van der Waals surface area contributed by atoms with Gasteiger partial charge in [0.25, 0.3) is 0 Å². The molecule has 0 radical (unpaired) electrons. The van der Waals surface area contributed by atoms with E-state index in [1.165, 1.54) is 12.8 Å². The first-order valence-electron chi connectivity index (χ1n) is 6.26. The predicted octanol–water partition coefficient (Wildman–Crippen LogP) is 3.28. The summed E-state index contributed by atoms with van der Waals surface area (Å²) in [5.74, 6) is 0.826. The Hall–Kier alpha value is -0.740.